The van der Waals surface area contributed by atoms with Gasteiger partial charge in [0.15, 0.2) is 11.0 Å². The summed E-state index contributed by atoms with van der Waals surface area (Å²) in [6.45, 7) is 3.08. The number of aryl methyl sites for hydroxylation is 1. The summed E-state index contributed by atoms with van der Waals surface area (Å²) in [4.78, 5) is 12.7. The molecule has 0 saturated heterocycles. The van der Waals surface area contributed by atoms with Crippen molar-refractivity contribution in [3.8, 4) is 0 Å². The number of amides is 1. The molecule has 2 N–H and O–H groups in total. The molecular weight excluding hydrogens is 466 g/mol. The van der Waals surface area contributed by atoms with Gasteiger partial charge in [0.2, 0.25) is 5.91 Å². The first-order valence-electron chi connectivity index (χ1n) is 11.1. The van der Waals surface area contributed by atoms with Crippen LogP contribution in [-0.2, 0) is 24.3 Å². The number of benzene rings is 3. The molecule has 1 heterocycles. The van der Waals surface area contributed by atoms with Gasteiger partial charge in [0.25, 0.3) is 0 Å². The molecule has 0 radical (unpaired) electrons. The van der Waals surface area contributed by atoms with Crippen molar-refractivity contribution in [1.29, 1.82) is 0 Å². The summed E-state index contributed by atoms with van der Waals surface area (Å²) in [6.07, 6.45) is 0.835. The molecule has 0 aliphatic heterocycles. The molecule has 0 spiro atoms. The molecule has 0 bridgehead atoms. The Kier molecular flexibility index (Phi) is 8.22. The van der Waals surface area contributed by atoms with Crippen molar-refractivity contribution in [2.45, 2.75) is 36.8 Å². The summed E-state index contributed by atoms with van der Waals surface area (Å²) in [6, 6.07) is 27.3. The van der Waals surface area contributed by atoms with Gasteiger partial charge in [-0.15, -0.1) is 10.2 Å². The van der Waals surface area contributed by atoms with Crippen molar-refractivity contribution in [3.05, 3.63) is 101 Å². The Labute approximate surface area is 208 Å². The number of carbonyl (C=O) groups is 1. The highest BCUT2D eigenvalue weighted by molar-refractivity contribution is 8.00. The van der Waals surface area contributed by atoms with Crippen molar-refractivity contribution in [2.75, 3.05) is 10.6 Å². The maximum absolute atomic E-state index is 12.7. The Morgan fingerprint density at radius 2 is 1.68 bits per heavy atom. The molecule has 1 amide bonds. The lowest BCUT2D eigenvalue weighted by atomic mass is 10.1. The van der Waals surface area contributed by atoms with Crippen LogP contribution < -0.4 is 10.6 Å². The minimum Gasteiger partial charge on any atom is -0.378 e. The molecule has 174 valence electrons. The van der Waals surface area contributed by atoms with Crippen LogP contribution in [0.1, 0.15) is 18.3 Å². The highest BCUT2D eigenvalue weighted by Crippen LogP contribution is 2.25. The van der Waals surface area contributed by atoms with E-state index in [4.69, 9.17) is 11.6 Å². The second kappa shape index (κ2) is 11.7. The first-order valence-corrected chi connectivity index (χ1v) is 12.3. The summed E-state index contributed by atoms with van der Waals surface area (Å²) in [7, 11) is 0. The van der Waals surface area contributed by atoms with Crippen LogP contribution in [0, 0.1) is 0 Å². The number of thioether (sulfide) groups is 1. The Morgan fingerprint density at radius 3 is 2.41 bits per heavy atom. The van der Waals surface area contributed by atoms with E-state index in [-0.39, 0.29) is 11.2 Å². The van der Waals surface area contributed by atoms with Crippen molar-refractivity contribution < 1.29 is 4.79 Å². The monoisotopic (exact) mass is 491 g/mol. The summed E-state index contributed by atoms with van der Waals surface area (Å²) >= 11 is 7.52. The number of rotatable bonds is 10. The van der Waals surface area contributed by atoms with E-state index in [9.17, 15) is 4.79 Å². The minimum absolute atomic E-state index is 0.0765. The number of hydrogen-bond donors (Lipinski definition) is 2. The summed E-state index contributed by atoms with van der Waals surface area (Å²) in [5.41, 5.74) is 2.92. The molecule has 1 atom stereocenters. The summed E-state index contributed by atoms with van der Waals surface area (Å²) in [5.74, 6) is 0.724. The third-order valence-electron chi connectivity index (χ3n) is 5.23. The average molecular weight is 492 g/mol. The zero-order valence-corrected chi connectivity index (χ0v) is 20.4. The summed E-state index contributed by atoms with van der Waals surface area (Å²) in [5, 5.41) is 16.2. The van der Waals surface area contributed by atoms with Gasteiger partial charge >= 0.3 is 0 Å². The van der Waals surface area contributed by atoms with Crippen LogP contribution in [0.2, 0.25) is 5.02 Å². The zero-order valence-electron chi connectivity index (χ0n) is 18.8. The fraction of sp³-hybridized carbons (Fsp3) is 0.192. The quantitative estimate of drug-likeness (QED) is 0.270. The topological polar surface area (TPSA) is 71.8 Å². The molecule has 3 aromatic carbocycles. The minimum atomic E-state index is -0.339. The lowest BCUT2D eigenvalue weighted by Gasteiger charge is -2.14. The van der Waals surface area contributed by atoms with Crippen molar-refractivity contribution in [2.24, 2.45) is 0 Å². The van der Waals surface area contributed by atoms with E-state index >= 15 is 0 Å². The molecule has 6 nitrogen and oxygen atoms in total. The number of halogens is 1. The molecule has 0 aliphatic carbocycles. The molecule has 4 aromatic rings. The molecule has 0 aliphatic rings. The fourth-order valence-corrected chi connectivity index (χ4v) is 4.49. The van der Waals surface area contributed by atoms with E-state index in [1.165, 1.54) is 17.3 Å². The van der Waals surface area contributed by atoms with E-state index in [1.807, 2.05) is 79.7 Å². The molecule has 0 saturated carbocycles. The molecule has 1 unspecified atom stereocenters. The number of anilines is 2. The van der Waals surface area contributed by atoms with Crippen molar-refractivity contribution in [1.82, 2.24) is 14.8 Å². The van der Waals surface area contributed by atoms with E-state index < -0.39 is 0 Å². The van der Waals surface area contributed by atoms with Crippen LogP contribution in [0.4, 0.5) is 11.4 Å². The number of hydrogen-bond acceptors (Lipinski definition) is 5. The first kappa shape index (κ1) is 23.9. The Morgan fingerprint density at radius 1 is 0.971 bits per heavy atom. The van der Waals surface area contributed by atoms with Crippen LogP contribution >= 0.6 is 23.4 Å². The lowest BCUT2D eigenvalue weighted by molar-refractivity contribution is -0.115. The number of nitrogens with one attached hydrogen (secondary N) is 2. The molecule has 8 heteroatoms. The van der Waals surface area contributed by atoms with Gasteiger partial charge < -0.3 is 15.2 Å². The van der Waals surface area contributed by atoms with Gasteiger partial charge in [0.05, 0.1) is 11.8 Å². The van der Waals surface area contributed by atoms with Crippen molar-refractivity contribution >= 4 is 40.6 Å². The number of para-hydroxylation sites is 1. The molecule has 1 aromatic heterocycles. The molecule has 0 fully saturated rings. The van der Waals surface area contributed by atoms with Crippen LogP contribution in [0.25, 0.3) is 0 Å². The highest BCUT2D eigenvalue weighted by atomic mass is 35.5. The predicted octanol–water partition coefficient (Wildman–Crippen LogP) is 5.91. The Balaban J connectivity index is 1.48. The number of aromatic nitrogens is 3. The smallest absolute Gasteiger partial charge is 0.237 e. The zero-order chi connectivity index (χ0) is 23.8. The van der Waals surface area contributed by atoms with E-state index in [1.54, 1.807) is 0 Å². The third-order valence-corrected chi connectivity index (χ3v) is 6.54. The molecule has 34 heavy (non-hydrogen) atoms. The Hall–Kier alpha value is -3.29. The Bertz CT molecular complexity index is 1220. The number of nitrogens with zero attached hydrogens (tertiary/aromatic N) is 3. The average Bonchev–Trinajstić information content (AvgIpc) is 3.23. The van der Waals surface area contributed by atoms with Crippen LogP contribution in [0.15, 0.2) is 90.1 Å². The van der Waals surface area contributed by atoms with Crippen molar-refractivity contribution in [3.63, 3.8) is 0 Å². The van der Waals surface area contributed by atoms with Gasteiger partial charge in [-0.3, -0.25) is 4.79 Å². The second-order valence-electron chi connectivity index (χ2n) is 7.77. The maximum Gasteiger partial charge on any atom is 0.237 e. The van der Waals surface area contributed by atoms with Crippen LogP contribution in [-0.4, -0.2) is 25.9 Å². The van der Waals surface area contributed by atoms with Gasteiger partial charge in [0.1, 0.15) is 0 Å². The lowest BCUT2D eigenvalue weighted by Crippen LogP contribution is -2.23. The number of carbonyl (C=O) groups excluding carboxylic acids is 1. The largest absolute Gasteiger partial charge is 0.378 e. The van der Waals surface area contributed by atoms with E-state index in [0.717, 1.165) is 28.8 Å². The van der Waals surface area contributed by atoms with Crippen LogP contribution in [0.5, 0.6) is 0 Å². The van der Waals surface area contributed by atoms with Gasteiger partial charge in [-0.25, -0.2) is 0 Å². The fourth-order valence-electron chi connectivity index (χ4n) is 3.40. The predicted molar refractivity (Wildman–Crippen MR) is 139 cm³/mol. The highest BCUT2D eigenvalue weighted by Gasteiger charge is 2.20. The van der Waals surface area contributed by atoms with E-state index in [0.29, 0.717) is 18.1 Å². The molecular formula is C26H26ClN5OS. The van der Waals surface area contributed by atoms with Crippen LogP contribution in [0.3, 0.4) is 0 Å². The first-order chi connectivity index (χ1) is 16.6. The van der Waals surface area contributed by atoms with Gasteiger partial charge in [-0.05, 0) is 49.2 Å². The third kappa shape index (κ3) is 6.62. The normalized spacial score (nSPS) is 11.7. The van der Waals surface area contributed by atoms with Gasteiger partial charge in [-0.2, -0.15) is 0 Å². The van der Waals surface area contributed by atoms with Gasteiger partial charge in [0, 0.05) is 22.9 Å². The standard InChI is InChI=1S/C26H26ClN5OS/c1-19(25(33)29-22-12-6-3-7-13-22)34-26-31-30-24(18-28-23-14-8-11-21(27)17-23)32(26)16-15-20-9-4-2-5-10-20/h2-14,17,19,28H,15-16,18H2,1H3,(H,29,33). The van der Waals surface area contributed by atoms with Gasteiger partial charge in [-0.1, -0.05) is 78.0 Å². The second-order valence-corrected chi connectivity index (χ2v) is 9.51. The van der Waals surface area contributed by atoms with E-state index in [2.05, 4.69) is 37.5 Å². The molecule has 4 rings (SSSR count). The SMILES string of the molecule is CC(Sc1nnc(CNc2cccc(Cl)c2)n1CCc1ccccc1)C(=O)Nc1ccccc1. The summed E-state index contributed by atoms with van der Waals surface area (Å²) < 4.78 is 2.08. The maximum atomic E-state index is 12.7.